The van der Waals surface area contributed by atoms with Crippen molar-refractivity contribution in [3.63, 3.8) is 0 Å². The summed E-state index contributed by atoms with van der Waals surface area (Å²) in [5, 5.41) is 2.49. The molecule has 0 aromatic heterocycles. The van der Waals surface area contributed by atoms with Crippen LogP contribution in [0.2, 0.25) is 0 Å². The molecule has 0 rings (SSSR count). The van der Waals surface area contributed by atoms with Crippen LogP contribution in [0.3, 0.4) is 0 Å². The SMILES string of the molecule is C=COC(CCC)(NC(=O)OCC)OC=C. The van der Waals surface area contributed by atoms with E-state index in [1.54, 1.807) is 6.92 Å². The topological polar surface area (TPSA) is 56.8 Å². The van der Waals surface area contributed by atoms with Crippen LogP contribution in [0.15, 0.2) is 25.7 Å². The van der Waals surface area contributed by atoms with Crippen LogP contribution in [0.5, 0.6) is 0 Å². The molecule has 0 heterocycles. The van der Waals surface area contributed by atoms with Gasteiger partial charge >= 0.3 is 12.0 Å². The third kappa shape index (κ3) is 4.72. The number of rotatable bonds is 8. The normalized spacial score (nSPS) is 10.1. The second kappa shape index (κ2) is 7.62. The fourth-order valence-corrected chi connectivity index (χ4v) is 1.19. The van der Waals surface area contributed by atoms with Crippen molar-refractivity contribution in [1.82, 2.24) is 5.32 Å². The molecule has 0 saturated heterocycles. The lowest BCUT2D eigenvalue weighted by Crippen LogP contribution is -2.51. The maximum atomic E-state index is 11.3. The quantitative estimate of drug-likeness (QED) is 0.513. The number of hydrogen-bond donors (Lipinski definition) is 1. The minimum atomic E-state index is -1.29. The first kappa shape index (κ1) is 14.3. The fraction of sp³-hybridized carbons (Fsp3) is 0.545. The zero-order valence-electron chi connectivity index (χ0n) is 9.82. The molecule has 0 aromatic rings. The van der Waals surface area contributed by atoms with Crippen molar-refractivity contribution in [2.75, 3.05) is 6.61 Å². The molecule has 0 bridgehead atoms. The highest BCUT2D eigenvalue weighted by molar-refractivity contribution is 5.67. The van der Waals surface area contributed by atoms with Crippen LogP contribution in [-0.4, -0.2) is 18.6 Å². The Bertz CT molecular complexity index is 230. The summed E-state index contributed by atoms with van der Waals surface area (Å²) in [6.07, 6.45) is 2.98. The van der Waals surface area contributed by atoms with Gasteiger partial charge in [0.05, 0.1) is 19.1 Å². The molecule has 0 aromatic carbocycles. The fourth-order valence-electron chi connectivity index (χ4n) is 1.19. The van der Waals surface area contributed by atoms with Crippen LogP contribution in [0.1, 0.15) is 26.7 Å². The Hall–Kier alpha value is -1.65. The van der Waals surface area contributed by atoms with E-state index in [0.717, 1.165) is 6.42 Å². The van der Waals surface area contributed by atoms with Crippen LogP contribution >= 0.6 is 0 Å². The summed E-state index contributed by atoms with van der Waals surface area (Å²) in [5.41, 5.74) is 0. The molecule has 1 N–H and O–H groups in total. The molecular weight excluding hydrogens is 210 g/mol. The highest BCUT2D eigenvalue weighted by Crippen LogP contribution is 2.18. The van der Waals surface area contributed by atoms with Gasteiger partial charge in [0.15, 0.2) is 0 Å². The van der Waals surface area contributed by atoms with E-state index in [1.165, 1.54) is 12.5 Å². The zero-order valence-corrected chi connectivity index (χ0v) is 9.82. The standard InChI is InChI=1S/C11H19NO4/c1-5-9-11(15-7-3,16-8-4)12-10(13)14-6-2/h7-8H,3-6,9H2,1-2H3,(H,12,13). The van der Waals surface area contributed by atoms with Crippen LogP contribution in [-0.2, 0) is 14.2 Å². The molecule has 0 fully saturated rings. The predicted molar refractivity (Wildman–Crippen MR) is 60.4 cm³/mol. The van der Waals surface area contributed by atoms with E-state index in [-0.39, 0.29) is 6.61 Å². The number of alkyl carbamates (subject to hydrolysis) is 1. The van der Waals surface area contributed by atoms with Crippen molar-refractivity contribution < 1.29 is 19.0 Å². The van der Waals surface area contributed by atoms with Gasteiger partial charge in [0, 0.05) is 6.42 Å². The van der Waals surface area contributed by atoms with Crippen molar-refractivity contribution in [2.45, 2.75) is 32.6 Å². The number of carbonyl (C=O) groups is 1. The zero-order chi connectivity index (χ0) is 12.4. The smallest absolute Gasteiger partial charge is 0.413 e. The summed E-state index contributed by atoms with van der Waals surface area (Å²) in [4.78, 5) is 11.3. The van der Waals surface area contributed by atoms with Gasteiger partial charge in [-0.3, -0.25) is 0 Å². The number of nitrogens with one attached hydrogen (secondary N) is 1. The summed E-state index contributed by atoms with van der Waals surface area (Å²) in [6.45, 7) is 10.8. The van der Waals surface area contributed by atoms with Crippen molar-refractivity contribution in [3.05, 3.63) is 25.7 Å². The molecule has 0 spiro atoms. The highest BCUT2D eigenvalue weighted by atomic mass is 16.7. The number of hydrogen-bond acceptors (Lipinski definition) is 4. The molecule has 92 valence electrons. The monoisotopic (exact) mass is 229 g/mol. The first-order valence-corrected chi connectivity index (χ1v) is 5.16. The van der Waals surface area contributed by atoms with E-state index in [0.29, 0.717) is 6.42 Å². The lowest BCUT2D eigenvalue weighted by molar-refractivity contribution is -0.194. The second-order valence-corrected chi connectivity index (χ2v) is 2.92. The Labute approximate surface area is 96.1 Å². The average Bonchev–Trinajstić information content (AvgIpc) is 2.18. The van der Waals surface area contributed by atoms with Gasteiger partial charge in [-0.1, -0.05) is 20.1 Å². The summed E-state index contributed by atoms with van der Waals surface area (Å²) < 4.78 is 15.1. The third-order valence-electron chi connectivity index (χ3n) is 1.69. The summed E-state index contributed by atoms with van der Waals surface area (Å²) in [7, 11) is 0. The van der Waals surface area contributed by atoms with Gasteiger partial charge in [0.25, 0.3) is 0 Å². The molecule has 16 heavy (non-hydrogen) atoms. The van der Waals surface area contributed by atoms with Gasteiger partial charge in [-0.15, -0.1) is 0 Å². The minimum Gasteiger partial charge on any atom is -0.450 e. The Morgan fingerprint density at radius 3 is 2.25 bits per heavy atom. The Kier molecular flexibility index (Phi) is 6.83. The Balaban J connectivity index is 4.63. The van der Waals surface area contributed by atoms with E-state index < -0.39 is 12.0 Å². The molecule has 0 radical (unpaired) electrons. The average molecular weight is 229 g/mol. The largest absolute Gasteiger partial charge is 0.450 e. The third-order valence-corrected chi connectivity index (χ3v) is 1.69. The maximum Gasteiger partial charge on any atom is 0.413 e. The van der Waals surface area contributed by atoms with E-state index >= 15 is 0 Å². The summed E-state index contributed by atoms with van der Waals surface area (Å²) in [5.74, 6) is -1.29. The number of carbonyl (C=O) groups excluding carboxylic acids is 1. The lowest BCUT2D eigenvalue weighted by atomic mass is 10.2. The molecule has 0 aliphatic carbocycles. The van der Waals surface area contributed by atoms with E-state index in [4.69, 9.17) is 14.2 Å². The van der Waals surface area contributed by atoms with Gasteiger partial charge in [-0.25, -0.2) is 10.1 Å². The highest BCUT2D eigenvalue weighted by Gasteiger charge is 2.34. The molecule has 5 heteroatoms. The minimum absolute atomic E-state index is 0.274. The Morgan fingerprint density at radius 2 is 1.88 bits per heavy atom. The van der Waals surface area contributed by atoms with Crippen LogP contribution in [0.25, 0.3) is 0 Å². The molecule has 1 amide bonds. The summed E-state index contributed by atoms with van der Waals surface area (Å²) in [6, 6.07) is 0. The Morgan fingerprint density at radius 1 is 1.31 bits per heavy atom. The van der Waals surface area contributed by atoms with Crippen molar-refractivity contribution in [3.8, 4) is 0 Å². The molecule has 0 unspecified atom stereocenters. The molecule has 0 aliphatic rings. The van der Waals surface area contributed by atoms with Crippen LogP contribution in [0, 0.1) is 0 Å². The first-order valence-electron chi connectivity index (χ1n) is 5.16. The molecular formula is C11H19NO4. The van der Waals surface area contributed by atoms with Gasteiger partial charge in [0.2, 0.25) is 0 Å². The van der Waals surface area contributed by atoms with Gasteiger partial charge in [-0.2, -0.15) is 0 Å². The van der Waals surface area contributed by atoms with Gasteiger partial charge in [0.1, 0.15) is 0 Å². The van der Waals surface area contributed by atoms with E-state index in [9.17, 15) is 4.79 Å². The molecule has 0 atom stereocenters. The number of ether oxygens (including phenoxy) is 3. The molecule has 5 nitrogen and oxygen atoms in total. The maximum absolute atomic E-state index is 11.3. The van der Waals surface area contributed by atoms with Crippen molar-refractivity contribution in [1.29, 1.82) is 0 Å². The predicted octanol–water partition coefficient (Wildman–Crippen LogP) is 2.51. The van der Waals surface area contributed by atoms with Crippen molar-refractivity contribution in [2.24, 2.45) is 0 Å². The second-order valence-electron chi connectivity index (χ2n) is 2.92. The first-order chi connectivity index (χ1) is 7.64. The molecule has 0 aliphatic heterocycles. The van der Waals surface area contributed by atoms with Crippen LogP contribution in [0.4, 0.5) is 4.79 Å². The lowest BCUT2D eigenvalue weighted by Gasteiger charge is -2.31. The van der Waals surface area contributed by atoms with E-state index in [1.807, 2.05) is 6.92 Å². The summed E-state index contributed by atoms with van der Waals surface area (Å²) >= 11 is 0. The molecule has 0 saturated carbocycles. The van der Waals surface area contributed by atoms with Crippen molar-refractivity contribution >= 4 is 6.09 Å². The van der Waals surface area contributed by atoms with E-state index in [2.05, 4.69) is 18.5 Å². The number of amides is 1. The van der Waals surface area contributed by atoms with Crippen LogP contribution < -0.4 is 5.32 Å². The van der Waals surface area contributed by atoms with Gasteiger partial charge in [-0.05, 0) is 13.3 Å². The van der Waals surface area contributed by atoms with Gasteiger partial charge < -0.3 is 14.2 Å².